The van der Waals surface area contributed by atoms with Crippen LogP contribution in [-0.4, -0.2) is 26.6 Å². The molecular formula is C10H18N4O. The molecule has 1 aromatic rings. The van der Waals surface area contributed by atoms with Gasteiger partial charge < -0.3 is 5.32 Å². The Balaban J connectivity index is 2.71. The lowest BCUT2D eigenvalue weighted by Crippen LogP contribution is -2.45. The lowest BCUT2D eigenvalue weighted by molar-refractivity contribution is 0.0890. The monoisotopic (exact) mass is 210 g/mol. The largest absolute Gasteiger partial charge is 0.344 e. The van der Waals surface area contributed by atoms with Crippen LogP contribution in [0.1, 0.15) is 50.1 Å². The number of nitrogens with zero attached hydrogens (tertiary/aromatic N) is 2. The van der Waals surface area contributed by atoms with Gasteiger partial charge in [0.1, 0.15) is 5.82 Å². The molecule has 0 aliphatic rings. The normalized spacial score (nSPS) is 11.5. The summed E-state index contributed by atoms with van der Waals surface area (Å²) < 4.78 is 0. The van der Waals surface area contributed by atoms with Crippen molar-refractivity contribution in [1.82, 2.24) is 20.5 Å². The summed E-state index contributed by atoms with van der Waals surface area (Å²) in [5, 5.41) is 9.41. The number of amides is 1. The number of carbonyl (C=O) groups is 1. The zero-order chi connectivity index (χ0) is 11.5. The van der Waals surface area contributed by atoms with Crippen LogP contribution in [0.4, 0.5) is 0 Å². The molecule has 0 aromatic carbocycles. The van der Waals surface area contributed by atoms with Crippen molar-refractivity contribution in [2.75, 3.05) is 0 Å². The van der Waals surface area contributed by atoms with Crippen LogP contribution in [0.15, 0.2) is 0 Å². The first-order chi connectivity index (χ1) is 7.00. The third-order valence-corrected chi connectivity index (χ3v) is 2.78. The fourth-order valence-electron chi connectivity index (χ4n) is 1.20. The molecule has 5 heteroatoms. The Morgan fingerprint density at radius 1 is 1.47 bits per heavy atom. The minimum absolute atomic E-state index is 0.175. The summed E-state index contributed by atoms with van der Waals surface area (Å²) >= 11 is 0. The fourth-order valence-corrected chi connectivity index (χ4v) is 1.20. The molecule has 0 saturated carbocycles. The van der Waals surface area contributed by atoms with Crippen LogP contribution in [0.2, 0.25) is 0 Å². The number of hydrogen-bond donors (Lipinski definition) is 2. The second-order valence-electron chi connectivity index (χ2n) is 3.97. The second kappa shape index (κ2) is 4.42. The number of aromatic amines is 1. The zero-order valence-electron chi connectivity index (χ0n) is 9.72. The topological polar surface area (TPSA) is 70.7 Å². The van der Waals surface area contributed by atoms with Gasteiger partial charge in [-0.15, -0.1) is 5.10 Å². The standard InChI is InChI=1S/C10H18N4O/c1-5-10(4,6-2)12-9(15)8-11-7(3)13-14-8/h5-6H2,1-4H3,(H,12,15)(H,11,13,14). The minimum Gasteiger partial charge on any atom is -0.344 e. The molecule has 0 spiro atoms. The van der Waals surface area contributed by atoms with E-state index in [4.69, 9.17) is 0 Å². The SMILES string of the molecule is CCC(C)(CC)NC(=O)c1n[nH]c(C)n1. The number of H-pyrrole nitrogens is 1. The molecule has 0 fully saturated rings. The number of rotatable bonds is 4. The molecule has 1 rings (SSSR count). The van der Waals surface area contributed by atoms with Gasteiger partial charge in [0.05, 0.1) is 0 Å². The van der Waals surface area contributed by atoms with E-state index in [1.807, 2.05) is 20.8 Å². The summed E-state index contributed by atoms with van der Waals surface area (Å²) in [6, 6.07) is 0. The predicted molar refractivity (Wildman–Crippen MR) is 57.6 cm³/mol. The summed E-state index contributed by atoms with van der Waals surface area (Å²) in [7, 11) is 0. The summed E-state index contributed by atoms with van der Waals surface area (Å²) in [5.41, 5.74) is -0.175. The Bertz CT molecular complexity index is 341. The molecule has 1 heterocycles. The van der Waals surface area contributed by atoms with Crippen molar-refractivity contribution in [3.05, 3.63) is 11.6 Å². The van der Waals surface area contributed by atoms with Gasteiger partial charge in [0.15, 0.2) is 0 Å². The first kappa shape index (κ1) is 11.7. The van der Waals surface area contributed by atoms with Crippen molar-refractivity contribution in [2.24, 2.45) is 0 Å². The maximum absolute atomic E-state index is 11.7. The number of nitrogens with one attached hydrogen (secondary N) is 2. The summed E-state index contributed by atoms with van der Waals surface area (Å²) in [6.07, 6.45) is 1.78. The van der Waals surface area contributed by atoms with Gasteiger partial charge in [-0.3, -0.25) is 9.89 Å². The van der Waals surface area contributed by atoms with E-state index in [0.29, 0.717) is 5.82 Å². The van der Waals surface area contributed by atoms with E-state index in [9.17, 15) is 4.79 Å². The van der Waals surface area contributed by atoms with Crippen molar-refractivity contribution >= 4 is 5.91 Å². The molecular weight excluding hydrogens is 192 g/mol. The van der Waals surface area contributed by atoms with E-state index in [0.717, 1.165) is 12.8 Å². The van der Waals surface area contributed by atoms with E-state index < -0.39 is 0 Å². The number of carbonyl (C=O) groups excluding carboxylic acids is 1. The maximum atomic E-state index is 11.7. The van der Waals surface area contributed by atoms with Crippen LogP contribution < -0.4 is 5.32 Å². The molecule has 0 radical (unpaired) electrons. The van der Waals surface area contributed by atoms with Gasteiger partial charge in [0.2, 0.25) is 5.82 Å². The number of aryl methyl sites for hydroxylation is 1. The van der Waals surface area contributed by atoms with E-state index in [2.05, 4.69) is 20.5 Å². The maximum Gasteiger partial charge on any atom is 0.291 e. The molecule has 15 heavy (non-hydrogen) atoms. The molecule has 2 N–H and O–H groups in total. The van der Waals surface area contributed by atoms with Crippen molar-refractivity contribution in [3.8, 4) is 0 Å². The number of hydrogen-bond acceptors (Lipinski definition) is 3. The Morgan fingerprint density at radius 3 is 2.47 bits per heavy atom. The van der Waals surface area contributed by atoms with Gasteiger partial charge in [-0.2, -0.15) is 0 Å². The second-order valence-corrected chi connectivity index (χ2v) is 3.97. The molecule has 5 nitrogen and oxygen atoms in total. The van der Waals surface area contributed by atoms with Crippen molar-refractivity contribution < 1.29 is 4.79 Å². The number of aromatic nitrogens is 3. The van der Waals surface area contributed by atoms with Crippen molar-refractivity contribution in [1.29, 1.82) is 0 Å². The van der Waals surface area contributed by atoms with E-state index in [1.54, 1.807) is 6.92 Å². The molecule has 1 aromatic heterocycles. The first-order valence-corrected chi connectivity index (χ1v) is 5.22. The molecule has 0 bridgehead atoms. The van der Waals surface area contributed by atoms with Crippen LogP contribution in [0, 0.1) is 6.92 Å². The third-order valence-electron chi connectivity index (χ3n) is 2.78. The van der Waals surface area contributed by atoms with Crippen molar-refractivity contribution in [2.45, 2.75) is 46.1 Å². The van der Waals surface area contributed by atoms with E-state index >= 15 is 0 Å². The van der Waals surface area contributed by atoms with Crippen LogP contribution in [-0.2, 0) is 0 Å². The molecule has 84 valence electrons. The van der Waals surface area contributed by atoms with Crippen molar-refractivity contribution in [3.63, 3.8) is 0 Å². The molecule has 0 aliphatic carbocycles. The van der Waals surface area contributed by atoms with Gasteiger partial charge >= 0.3 is 0 Å². The van der Waals surface area contributed by atoms with Crippen LogP contribution in [0.3, 0.4) is 0 Å². The summed E-state index contributed by atoms with van der Waals surface area (Å²) in [4.78, 5) is 15.7. The molecule has 0 aliphatic heterocycles. The lowest BCUT2D eigenvalue weighted by atomic mass is 9.95. The van der Waals surface area contributed by atoms with E-state index in [-0.39, 0.29) is 17.3 Å². The van der Waals surface area contributed by atoms with Gasteiger partial charge in [-0.1, -0.05) is 13.8 Å². The Hall–Kier alpha value is -1.39. The highest BCUT2D eigenvalue weighted by atomic mass is 16.2. The highest BCUT2D eigenvalue weighted by Gasteiger charge is 2.24. The Labute approximate surface area is 89.7 Å². The van der Waals surface area contributed by atoms with Gasteiger partial charge in [-0.05, 0) is 26.7 Å². The predicted octanol–water partition coefficient (Wildman–Crippen LogP) is 1.42. The quantitative estimate of drug-likeness (QED) is 0.789. The third kappa shape index (κ3) is 2.78. The van der Waals surface area contributed by atoms with Crippen LogP contribution >= 0.6 is 0 Å². The molecule has 0 unspecified atom stereocenters. The Kier molecular flexibility index (Phi) is 3.44. The highest BCUT2D eigenvalue weighted by Crippen LogP contribution is 2.13. The molecule has 0 atom stereocenters. The first-order valence-electron chi connectivity index (χ1n) is 5.22. The van der Waals surface area contributed by atoms with Gasteiger partial charge in [-0.25, -0.2) is 4.98 Å². The Morgan fingerprint density at radius 2 is 2.07 bits per heavy atom. The van der Waals surface area contributed by atoms with Crippen LogP contribution in [0.25, 0.3) is 0 Å². The average Bonchev–Trinajstić information content (AvgIpc) is 2.65. The average molecular weight is 210 g/mol. The smallest absolute Gasteiger partial charge is 0.291 e. The molecule has 1 amide bonds. The van der Waals surface area contributed by atoms with Gasteiger partial charge in [0.25, 0.3) is 5.91 Å². The van der Waals surface area contributed by atoms with Gasteiger partial charge in [0, 0.05) is 5.54 Å². The lowest BCUT2D eigenvalue weighted by Gasteiger charge is -2.27. The zero-order valence-corrected chi connectivity index (χ0v) is 9.72. The van der Waals surface area contributed by atoms with Crippen LogP contribution in [0.5, 0.6) is 0 Å². The minimum atomic E-state index is -0.217. The summed E-state index contributed by atoms with van der Waals surface area (Å²) in [5.74, 6) is 0.640. The fraction of sp³-hybridized carbons (Fsp3) is 0.700. The van der Waals surface area contributed by atoms with E-state index in [1.165, 1.54) is 0 Å². The highest BCUT2D eigenvalue weighted by molar-refractivity contribution is 5.90. The summed E-state index contributed by atoms with van der Waals surface area (Å²) in [6.45, 7) is 7.88. The molecule has 0 saturated heterocycles.